The highest BCUT2D eigenvalue weighted by molar-refractivity contribution is 6.34. The summed E-state index contributed by atoms with van der Waals surface area (Å²) >= 11 is 6.67. The van der Waals surface area contributed by atoms with Crippen molar-refractivity contribution in [1.29, 1.82) is 0 Å². The fourth-order valence-corrected chi connectivity index (χ4v) is 6.63. The van der Waals surface area contributed by atoms with Gasteiger partial charge in [-0.15, -0.1) is 0 Å². The van der Waals surface area contributed by atoms with E-state index in [2.05, 4.69) is 14.9 Å². The zero-order chi connectivity index (χ0) is 28.0. The molecule has 210 valence electrons. The van der Waals surface area contributed by atoms with Crippen LogP contribution in [-0.4, -0.2) is 60.2 Å². The normalized spacial score (nSPS) is 20.9. The summed E-state index contributed by atoms with van der Waals surface area (Å²) in [6.45, 7) is 3.39. The number of benzene rings is 3. The molecule has 0 spiro atoms. The first-order chi connectivity index (χ1) is 19.3. The van der Waals surface area contributed by atoms with Crippen LogP contribution >= 0.6 is 11.6 Å². The van der Waals surface area contributed by atoms with Gasteiger partial charge in [0.25, 0.3) is 11.6 Å². The number of ether oxygens (including phenoxy) is 3. The Morgan fingerprint density at radius 2 is 2.10 bits per heavy atom. The van der Waals surface area contributed by atoms with Gasteiger partial charge < -0.3 is 14.2 Å². The van der Waals surface area contributed by atoms with E-state index in [1.807, 2.05) is 31.2 Å². The number of rotatable bonds is 8. The first-order valence-electron chi connectivity index (χ1n) is 13.4. The first kappa shape index (κ1) is 26.9. The van der Waals surface area contributed by atoms with E-state index in [1.54, 1.807) is 6.07 Å². The largest absolute Gasteiger partial charge is 0.468 e. The predicted octanol–water partition coefficient (Wildman–Crippen LogP) is 6.04. The lowest BCUT2D eigenvalue weighted by Crippen LogP contribution is -2.43. The lowest BCUT2D eigenvalue weighted by molar-refractivity contribution is 0.0512. The van der Waals surface area contributed by atoms with Crippen LogP contribution in [-0.2, 0) is 11.2 Å². The highest BCUT2D eigenvalue weighted by Crippen LogP contribution is 2.43. The first-order valence-corrected chi connectivity index (χ1v) is 13.8. The molecule has 0 bridgehead atoms. The molecule has 3 heterocycles. The van der Waals surface area contributed by atoms with E-state index >= 15 is 4.39 Å². The van der Waals surface area contributed by atoms with Crippen molar-refractivity contribution in [2.24, 2.45) is 0 Å². The molecule has 40 heavy (non-hydrogen) atoms. The van der Waals surface area contributed by atoms with Crippen molar-refractivity contribution in [3.8, 4) is 22.9 Å². The van der Waals surface area contributed by atoms with Gasteiger partial charge >= 0.3 is 0 Å². The van der Waals surface area contributed by atoms with Crippen LogP contribution in [0.4, 0.5) is 8.78 Å². The molecule has 3 aromatic carbocycles. The summed E-state index contributed by atoms with van der Waals surface area (Å²) in [5.41, 5.74) is 0.485. The Hall–Kier alpha value is -3.27. The van der Waals surface area contributed by atoms with Crippen LogP contribution in [0.2, 0.25) is 5.02 Å². The summed E-state index contributed by atoms with van der Waals surface area (Å²) in [5.74, 6) is -0.251. The van der Waals surface area contributed by atoms with Gasteiger partial charge in [-0.2, -0.15) is 4.98 Å². The second kappa shape index (κ2) is 10.6. The van der Waals surface area contributed by atoms with E-state index in [9.17, 15) is 9.18 Å². The second-order valence-electron chi connectivity index (χ2n) is 10.6. The third kappa shape index (κ3) is 4.60. The highest BCUT2D eigenvalue weighted by atomic mass is 35.5. The molecule has 2 saturated heterocycles. The number of halogens is 3. The van der Waals surface area contributed by atoms with Gasteiger partial charge in [0.15, 0.2) is 12.6 Å². The number of hydrogen-bond acceptors (Lipinski definition) is 6. The molecule has 1 N–H and O–H groups in total. The van der Waals surface area contributed by atoms with Gasteiger partial charge in [-0.3, -0.25) is 14.7 Å². The van der Waals surface area contributed by atoms with Gasteiger partial charge in [0.2, 0.25) is 0 Å². The van der Waals surface area contributed by atoms with Crippen molar-refractivity contribution < 1.29 is 23.0 Å². The molecule has 0 amide bonds. The minimum atomic E-state index is -0.916. The quantitative estimate of drug-likeness (QED) is 0.261. The van der Waals surface area contributed by atoms with E-state index in [1.165, 1.54) is 13.2 Å². The Kier molecular flexibility index (Phi) is 7.14. The van der Waals surface area contributed by atoms with Crippen molar-refractivity contribution in [1.82, 2.24) is 14.9 Å². The number of aromatic amines is 1. The number of aryl methyl sites for hydroxylation is 1. The van der Waals surface area contributed by atoms with Gasteiger partial charge in [-0.25, -0.2) is 8.78 Å². The molecule has 0 aliphatic carbocycles. The van der Waals surface area contributed by atoms with Crippen LogP contribution in [0.3, 0.4) is 0 Å². The van der Waals surface area contributed by atoms with Gasteiger partial charge in [0, 0.05) is 25.6 Å². The Balaban J connectivity index is 1.47. The topological polar surface area (TPSA) is 76.7 Å². The van der Waals surface area contributed by atoms with Crippen LogP contribution in [0.1, 0.15) is 31.7 Å². The number of nitrogens with one attached hydrogen (secondary N) is 1. The molecule has 1 aromatic heterocycles. The number of alkyl halides is 1. The van der Waals surface area contributed by atoms with E-state index < -0.39 is 23.1 Å². The monoisotopic (exact) mass is 569 g/mol. The Morgan fingerprint density at radius 3 is 2.90 bits per heavy atom. The Bertz CT molecular complexity index is 1660. The molecule has 2 aliphatic heterocycles. The molecule has 6 rings (SSSR count). The fraction of sp³-hybridized carbons (Fsp3) is 0.400. The van der Waals surface area contributed by atoms with Crippen molar-refractivity contribution in [3.05, 3.63) is 63.2 Å². The SMILES string of the molecule is CCc1cccc2cc(OCOC)cc(-c3c(Cl)cc4c(=O)[nH]c(OC[C@@]56CCCN5C[C@H](F)C6)nc4c3F)c12. The smallest absolute Gasteiger partial charge is 0.297 e. The maximum atomic E-state index is 16.5. The zero-order valence-corrected chi connectivity index (χ0v) is 23.1. The van der Waals surface area contributed by atoms with Crippen molar-refractivity contribution in [2.45, 2.75) is 44.3 Å². The number of aromatic nitrogens is 2. The highest BCUT2D eigenvalue weighted by Gasteiger charge is 2.49. The van der Waals surface area contributed by atoms with Gasteiger partial charge in [-0.05, 0) is 65.9 Å². The van der Waals surface area contributed by atoms with E-state index in [-0.39, 0.29) is 40.9 Å². The molecule has 4 aromatic rings. The standard InChI is InChI=1S/C30H30ClF2N3O4/c1-3-17-6-4-7-18-10-20(40-16-38-2)11-21(24(17)18)25-23(31)12-22-27(26(25)33)34-29(35-28(22)37)39-15-30-8-5-9-36(30)14-19(32)13-30/h4,6-7,10-12,19H,3,5,8-9,13-16H2,1-2H3,(H,34,35,37)/t19-,30+/m1/s1. The summed E-state index contributed by atoms with van der Waals surface area (Å²) in [4.78, 5) is 22.1. The lowest BCUT2D eigenvalue weighted by atomic mass is 9.92. The molecule has 0 unspecified atom stereocenters. The summed E-state index contributed by atoms with van der Waals surface area (Å²) in [7, 11) is 1.52. The number of fused-ring (bicyclic) bond motifs is 3. The van der Waals surface area contributed by atoms with Gasteiger partial charge in [-0.1, -0.05) is 36.7 Å². The molecule has 7 nitrogen and oxygen atoms in total. The van der Waals surface area contributed by atoms with Crippen LogP contribution in [0.15, 0.2) is 41.2 Å². The van der Waals surface area contributed by atoms with E-state index in [0.717, 1.165) is 35.7 Å². The molecule has 2 atom stereocenters. The third-order valence-electron chi connectivity index (χ3n) is 8.14. The Morgan fingerprint density at radius 1 is 1.25 bits per heavy atom. The summed E-state index contributed by atoms with van der Waals surface area (Å²) in [6, 6.07) is 10.8. The number of methoxy groups -OCH3 is 1. The van der Waals surface area contributed by atoms with Crippen LogP contribution < -0.4 is 15.0 Å². The molecule has 2 aliphatic rings. The minimum absolute atomic E-state index is 0.00996. The predicted molar refractivity (Wildman–Crippen MR) is 151 cm³/mol. The molecule has 2 fully saturated rings. The molecule has 0 radical (unpaired) electrons. The van der Waals surface area contributed by atoms with Crippen molar-refractivity contribution in [3.63, 3.8) is 0 Å². The summed E-state index contributed by atoms with van der Waals surface area (Å²) in [5, 5.41) is 1.77. The molecule has 0 saturated carbocycles. The van der Waals surface area contributed by atoms with E-state index in [4.69, 9.17) is 25.8 Å². The van der Waals surface area contributed by atoms with Gasteiger partial charge in [0.05, 0.1) is 15.9 Å². The number of nitrogens with zero attached hydrogens (tertiary/aromatic N) is 2. The number of hydrogen-bond donors (Lipinski definition) is 1. The molecular formula is C30H30ClF2N3O4. The second-order valence-corrected chi connectivity index (χ2v) is 11.0. The zero-order valence-electron chi connectivity index (χ0n) is 22.4. The molecular weight excluding hydrogens is 540 g/mol. The van der Waals surface area contributed by atoms with Gasteiger partial charge in [0.1, 0.15) is 24.0 Å². The Labute approximate surface area is 235 Å². The lowest BCUT2D eigenvalue weighted by Gasteiger charge is -2.30. The van der Waals surface area contributed by atoms with Crippen LogP contribution in [0.5, 0.6) is 11.8 Å². The summed E-state index contributed by atoms with van der Waals surface area (Å²) < 4.78 is 47.4. The summed E-state index contributed by atoms with van der Waals surface area (Å²) in [6.07, 6.45) is 1.92. The average Bonchev–Trinajstić information content (AvgIpc) is 3.46. The average molecular weight is 570 g/mol. The molecule has 10 heteroatoms. The maximum Gasteiger partial charge on any atom is 0.297 e. The van der Waals surface area contributed by atoms with Crippen LogP contribution in [0.25, 0.3) is 32.8 Å². The fourth-order valence-electron chi connectivity index (χ4n) is 6.33. The van der Waals surface area contributed by atoms with Crippen molar-refractivity contribution >= 4 is 33.3 Å². The van der Waals surface area contributed by atoms with Crippen molar-refractivity contribution in [2.75, 3.05) is 33.6 Å². The minimum Gasteiger partial charge on any atom is -0.468 e. The maximum absolute atomic E-state index is 16.5. The third-order valence-corrected chi connectivity index (χ3v) is 8.44. The van der Waals surface area contributed by atoms with Crippen LogP contribution in [0, 0.1) is 5.82 Å². The van der Waals surface area contributed by atoms with E-state index in [0.29, 0.717) is 30.7 Å². The number of H-pyrrole nitrogens is 1.